The highest BCUT2D eigenvalue weighted by Crippen LogP contribution is 2.44. The molecule has 0 saturated heterocycles. The summed E-state index contributed by atoms with van der Waals surface area (Å²) in [5, 5.41) is 5.65. The van der Waals surface area contributed by atoms with E-state index in [0.717, 1.165) is 0 Å². The Morgan fingerprint density at radius 2 is 1.67 bits per heavy atom. The molecule has 5 rings (SSSR count). The second kappa shape index (κ2) is 3.83. The van der Waals surface area contributed by atoms with Crippen LogP contribution in [0.25, 0.3) is 31.8 Å². The van der Waals surface area contributed by atoms with Gasteiger partial charge in [0.25, 0.3) is 0 Å². The monoisotopic (exact) mass is 290 g/mol. The first-order valence-electron chi connectivity index (χ1n) is 7.53. The highest BCUT2D eigenvalue weighted by molar-refractivity contribution is 7.17. The molecule has 0 N–H and O–H groups in total. The van der Waals surface area contributed by atoms with Crippen LogP contribution < -0.4 is 4.57 Å². The lowest BCUT2D eigenvalue weighted by Crippen LogP contribution is -2.41. The van der Waals surface area contributed by atoms with E-state index >= 15 is 0 Å². The number of hydrogen-bond acceptors (Lipinski definition) is 1. The quantitative estimate of drug-likeness (QED) is 0.310. The van der Waals surface area contributed by atoms with Gasteiger partial charge in [-0.05, 0) is 23.3 Å². The number of rotatable bonds is 0. The third-order valence-electron chi connectivity index (χ3n) is 5.21. The largest absolute Gasteiger partial charge is 0.232 e. The molecule has 0 saturated carbocycles. The zero-order valence-electron chi connectivity index (χ0n) is 12.1. The van der Waals surface area contributed by atoms with E-state index in [4.69, 9.17) is 0 Å². The van der Waals surface area contributed by atoms with Crippen LogP contribution in [0, 0.1) is 0 Å². The van der Waals surface area contributed by atoms with Crippen LogP contribution in [-0.2, 0) is 0 Å². The maximum Gasteiger partial charge on any atom is 0.232 e. The van der Waals surface area contributed by atoms with Gasteiger partial charge >= 0.3 is 0 Å². The van der Waals surface area contributed by atoms with Gasteiger partial charge in [-0.15, -0.1) is 0 Å². The lowest BCUT2D eigenvalue weighted by Gasteiger charge is -2.22. The topological polar surface area (TPSA) is 3.88 Å². The Morgan fingerprint density at radius 1 is 0.905 bits per heavy atom. The first-order chi connectivity index (χ1) is 10.3. The summed E-state index contributed by atoms with van der Waals surface area (Å²) in [6.07, 6.45) is 0. The normalized spacial score (nSPS) is 20.9. The summed E-state index contributed by atoms with van der Waals surface area (Å²) in [4.78, 5) is 0. The first-order valence-corrected chi connectivity index (χ1v) is 8.41. The average molecular weight is 290 g/mol. The fraction of sp³-hybridized carbons (Fsp3) is 0.211. The molecule has 1 nitrogen and oxygen atoms in total. The van der Waals surface area contributed by atoms with Gasteiger partial charge in [0.2, 0.25) is 11.0 Å². The van der Waals surface area contributed by atoms with Crippen molar-refractivity contribution in [3.63, 3.8) is 0 Å². The van der Waals surface area contributed by atoms with Gasteiger partial charge in [-0.25, -0.2) is 0 Å². The number of aromatic nitrogens is 1. The summed E-state index contributed by atoms with van der Waals surface area (Å²) in [6.45, 7) is 4.70. The predicted molar refractivity (Wildman–Crippen MR) is 90.2 cm³/mol. The molecule has 0 bridgehead atoms. The van der Waals surface area contributed by atoms with Crippen molar-refractivity contribution in [2.24, 2.45) is 0 Å². The molecule has 0 aliphatic carbocycles. The van der Waals surface area contributed by atoms with Crippen LogP contribution in [0.3, 0.4) is 0 Å². The van der Waals surface area contributed by atoms with Crippen molar-refractivity contribution >= 4 is 43.1 Å². The van der Waals surface area contributed by atoms with Crippen molar-refractivity contribution in [3.05, 3.63) is 53.5 Å². The number of nitrogens with zero attached hydrogens (tertiary/aromatic N) is 1. The van der Waals surface area contributed by atoms with Gasteiger partial charge in [0.05, 0.1) is 5.39 Å². The number of thiazole rings is 1. The third kappa shape index (κ3) is 1.29. The minimum absolute atomic E-state index is 0.526. The van der Waals surface area contributed by atoms with Gasteiger partial charge in [0.1, 0.15) is 4.70 Å². The van der Waals surface area contributed by atoms with Gasteiger partial charge in [-0.1, -0.05) is 60.7 Å². The van der Waals surface area contributed by atoms with Gasteiger partial charge in [-0.3, -0.25) is 0 Å². The Kier molecular flexibility index (Phi) is 2.13. The second-order valence-corrected chi connectivity index (χ2v) is 7.01. The fourth-order valence-electron chi connectivity index (χ4n) is 3.92. The Morgan fingerprint density at radius 3 is 2.52 bits per heavy atom. The molecule has 1 aliphatic rings. The SMILES string of the molecule is CC1c2cccc3c4ccccc4c4sc[n+](c4c23)C1C. The average Bonchev–Trinajstić information content (AvgIpc) is 2.98. The van der Waals surface area contributed by atoms with Crippen LogP contribution in [0.2, 0.25) is 0 Å². The van der Waals surface area contributed by atoms with Crippen LogP contribution in [0.5, 0.6) is 0 Å². The first kappa shape index (κ1) is 11.7. The molecule has 21 heavy (non-hydrogen) atoms. The Labute approximate surface area is 127 Å². The summed E-state index contributed by atoms with van der Waals surface area (Å²) in [5.41, 5.74) is 5.26. The summed E-state index contributed by atoms with van der Waals surface area (Å²) in [5.74, 6) is 0.560. The smallest absolute Gasteiger partial charge is 0.185 e. The van der Waals surface area contributed by atoms with Gasteiger partial charge in [0.15, 0.2) is 6.04 Å². The van der Waals surface area contributed by atoms with Crippen molar-refractivity contribution in [2.45, 2.75) is 25.8 Å². The molecule has 2 heteroatoms. The molecule has 3 aromatic carbocycles. The number of benzene rings is 3. The van der Waals surface area contributed by atoms with Crippen molar-refractivity contribution in [1.82, 2.24) is 0 Å². The summed E-state index contributed by atoms with van der Waals surface area (Å²) in [7, 11) is 0. The van der Waals surface area contributed by atoms with Crippen LogP contribution in [-0.4, -0.2) is 0 Å². The molecule has 2 atom stereocenters. The molecule has 102 valence electrons. The van der Waals surface area contributed by atoms with E-state index in [-0.39, 0.29) is 0 Å². The number of fused-ring (bicyclic) bond motifs is 3. The fourth-order valence-corrected chi connectivity index (χ4v) is 5.06. The third-order valence-corrected chi connectivity index (χ3v) is 6.19. The maximum absolute atomic E-state index is 2.49. The molecule has 2 heterocycles. The predicted octanol–water partition coefficient (Wildman–Crippen LogP) is 5.17. The summed E-state index contributed by atoms with van der Waals surface area (Å²) in [6, 6.07) is 16.2. The standard InChI is InChI=1S/C19H16NS/c1-11-12(2)20-10-21-19-16-7-4-3-6-14(16)15-9-5-8-13(11)17(15)18(19)20/h3-12H,1-2H3/q+1. The van der Waals surface area contributed by atoms with Crippen LogP contribution >= 0.6 is 11.3 Å². The zero-order chi connectivity index (χ0) is 14.1. The minimum atomic E-state index is 0.526. The van der Waals surface area contributed by atoms with Crippen LogP contribution in [0.1, 0.15) is 31.4 Å². The molecule has 2 unspecified atom stereocenters. The summed E-state index contributed by atoms with van der Waals surface area (Å²) < 4.78 is 3.93. The number of hydrogen-bond donors (Lipinski definition) is 0. The molecule has 0 fully saturated rings. The molecule has 1 aromatic heterocycles. The van der Waals surface area contributed by atoms with Crippen molar-refractivity contribution < 1.29 is 4.57 Å². The second-order valence-electron chi connectivity index (χ2n) is 6.15. The maximum atomic E-state index is 2.49. The van der Waals surface area contributed by atoms with E-state index in [1.54, 1.807) is 0 Å². The Hall–Kier alpha value is -1.93. The Bertz CT molecular complexity index is 1030. The molecule has 4 aromatic rings. The van der Waals surface area contributed by atoms with Crippen molar-refractivity contribution in [1.29, 1.82) is 0 Å². The lowest BCUT2D eigenvalue weighted by molar-refractivity contribution is -0.694. The van der Waals surface area contributed by atoms with Crippen LogP contribution in [0.4, 0.5) is 0 Å². The highest BCUT2D eigenvalue weighted by Gasteiger charge is 2.35. The van der Waals surface area contributed by atoms with E-state index in [0.29, 0.717) is 12.0 Å². The highest BCUT2D eigenvalue weighted by atomic mass is 32.1. The van der Waals surface area contributed by atoms with Gasteiger partial charge in [-0.2, -0.15) is 4.57 Å². The Balaban J connectivity index is 2.21. The van der Waals surface area contributed by atoms with Gasteiger partial charge in [0, 0.05) is 11.3 Å². The molecule has 1 aliphatic heterocycles. The van der Waals surface area contributed by atoms with Gasteiger partial charge < -0.3 is 0 Å². The molecule has 0 radical (unpaired) electrons. The van der Waals surface area contributed by atoms with E-state index in [1.807, 2.05) is 11.3 Å². The van der Waals surface area contributed by atoms with E-state index in [2.05, 4.69) is 66.4 Å². The molecule has 0 amide bonds. The van der Waals surface area contributed by atoms with E-state index in [1.165, 1.54) is 37.3 Å². The molecule has 0 spiro atoms. The molecular formula is C19H16NS+. The van der Waals surface area contributed by atoms with Crippen molar-refractivity contribution in [3.8, 4) is 0 Å². The molecular weight excluding hydrogens is 274 g/mol. The van der Waals surface area contributed by atoms with E-state index < -0.39 is 0 Å². The zero-order valence-corrected chi connectivity index (χ0v) is 12.9. The minimum Gasteiger partial charge on any atom is -0.185 e. The van der Waals surface area contributed by atoms with Crippen molar-refractivity contribution in [2.75, 3.05) is 0 Å². The van der Waals surface area contributed by atoms with E-state index in [9.17, 15) is 0 Å². The van der Waals surface area contributed by atoms with Crippen LogP contribution in [0.15, 0.2) is 48.0 Å². The summed E-state index contributed by atoms with van der Waals surface area (Å²) >= 11 is 1.88. The lowest BCUT2D eigenvalue weighted by atomic mass is 9.85.